The Hall–Kier alpha value is -0.830. The van der Waals surface area contributed by atoms with Crippen LogP contribution in [0.25, 0.3) is 0 Å². The van der Waals surface area contributed by atoms with Crippen LogP contribution in [-0.2, 0) is 4.79 Å². The molecule has 0 aromatic heterocycles. The lowest BCUT2D eigenvalue weighted by Gasteiger charge is -2.23. The molecule has 1 aromatic rings. The van der Waals surface area contributed by atoms with Crippen molar-refractivity contribution >= 4 is 27.4 Å². The van der Waals surface area contributed by atoms with Gasteiger partial charge in [0.25, 0.3) is 0 Å². The van der Waals surface area contributed by atoms with E-state index in [2.05, 4.69) is 33.4 Å². The summed E-state index contributed by atoms with van der Waals surface area (Å²) < 4.78 is 1.09. The third-order valence-electron chi connectivity index (χ3n) is 2.76. The van der Waals surface area contributed by atoms with Gasteiger partial charge in [-0.2, -0.15) is 0 Å². The van der Waals surface area contributed by atoms with Crippen LogP contribution in [0.1, 0.15) is 25.7 Å². The maximum Gasteiger partial charge on any atom is 0.133 e. The third kappa shape index (κ3) is 3.06. The lowest BCUT2D eigenvalue weighted by atomic mass is 9.94. The number of carbonyl (C=O) groups is 1. The molecule has 0 bridgehead atoms. The second-order valence-electron chi connectivity index (χ2n) is 3.96. The molecular formula is C12H14BrNO. The van der Waals surface area contributed by atoms with Crippen molar-refractivity contribution in [2.24, 2.45) is 0 Å². The van der Waals surface area contributed by atoms with Crippen LogP contribution in [0.4, 0.5) is 5.69 Å². The van der Waals surface area contributed by atoms with Gasteiger partial charge in [0.05, 0.1) is 0 Å². The van der Waals surface area contributed by atoms with Crippen LogP contribution in [0.15, 0.2) is 28.7 Å². The Morgan fingerprint density at radius 3 is 2.33 bits per heavy atom. The van der Waals surface area contributed by atoms with Gasteiger partial charge in [0.15, 0.2) is 0 Å². The quantitative estimate of drug-likeness (QED) is 0.890. The van der Waals surface area contributed by atoms with E-state index in [1.54, 1.807) is 0 Å². The molecule has 15 heavy (non-hydrogen) atoms. The van der Waals surface area contributed by atoms with E-state index in [1.165, 1.54) is 0 Å². The molecule has 0 spiro atoms. The van der Waals surface area contributed by atoms with Crippen LogP contribution >= 0.6 is 15.9 Å². The lowest BCUT2D eigenvalue weighted by Crippen LogP contribution is -2.25. The van der Waals surface area contributed by atoms with Gasteiger partial charge < -0.3 is 5.32 Å². The van der Waals surface area contributed by atoms with Gasteiger partial charge in [-0.3, -0.25) is 4.79 Å². The van der Waals surface area contributed by atoms with Crippen molar-refractivity contribution in [3.8, 4) is 0 Å². The Bertz CT molecular complexity index is 337. The summed E-state index contributed by atoms with van der Waals surface area (Å²) in [5.41, 5.74) is 1.14. The van der Waals surface area contributed by atoms with Crippen LogP contribution < -0.4 is 5.32 Å². The third-order valence-corrected chi connectivity index (χ3v) is 3.29. The predicted molar refractivity (Wildman–Crippen MR) is 65.0 cm³/mol. The molecule has 0 saturated heterocycles. The number of carbonyl (C=O) groups excluding carboxylic acids is 1. The first-order valence-electron chi connectivity index (χ1n) is 5.28. The summed E-state index contributed by atoms with van der Waals surface area (Å²) in [7, 11) is 0. The number of hydrogen-bond acceptors (Lipinski definition) is 2. The van der Waals surface area contributed by atoms with Gasteiger partial charge in [-0.1, -0.05) is 15.9 Å². The van der Waals surface area contributed by atoms with E-state index >= 15 is 0 Å². The molecule has 2 nitrogen and oxygen atoms in total. The summed E-state index contributed by atoms with van der Waals surface area (Å²) >= 11 is 3.41. The highest BCUT2D eigenvalue weighted by Gasteiger charge is 2.17. The SMILES string of the molecule is O=C1CCC(Nc2ccc(Br)cc2)CC1. The minimum absolute atomic E-state index is 0.406. The first kappa shape index (κ1) is 10.7. The number of ketones is 1. The number of nitrogens with one attached hydrogen (secondary N) is 1. The molecule has 80 valence electrons. The first-order valence-corrected chi connectivity index (χ1v) is 6.07. The predicted octanol–water partition coefficient (Wildman–Crippen LogP) is 3.37. The van der Waals surface area contributed by atoms with Gasteiger partial charge in [0, 0.05) is 29.0 Å². The Kier molecular flexibility index (Phi) is 3.41. The van der Waals surface area contributed by atoms with Crippen LogP contribution in [0, 0.1) is 0 Å². The molecule has 1 saturated carbocycles. The van der Waals surface area contributed by atoms with E-state index in [0.29, 0.717) is 11.8 Å². The first-order chi connectivity index (χ1) is 7.24. The zero-order valence-corrected chi connectivity index (χ0v) is 10.1. The molecule has 1 aromatic carbocycles. The summed E-state index contributed by atoms with van der Waals surface area (Å²) in [6.45, 7) is 0. The number of rotatable bonds is 2. The van der Waals surface area contributed by atoms with E-state index in [0.717, 1.165) is 35.8 Å². The smallest absolute Gasteiger partial charge is 0.133 e. The molecule has 0 atom stereocenters. The molecule has 0 amide bonds. The fourth-order valence-electron chi connectivity index (χ4n) is 1.87. The van der Waals surface area contributed by atoms with Crippen molar-refractivity contribution in [1.29, 1.82) is 0 Å². The van der Waals surface area contributed by atoms with Gasteiger partial charge in [-0.15, -0.1) is 0 Å². The Labute approximate surface area is 98.2 Å². The number of halogens is 1. The van der Waals surface area contributed by atoms with E-state index < -0.39 is 0 Å². The molecule has 0 aliphatic heterocycles. The molecule has 3 heteroatoms. The van der Waals surface area contributed by atoms with Crippen molar-refractivity contribution in [2.45, 2.75) is 31.7 Å². The molecule has 2 rings (SSSR count). The average Bonchev–Trinajstić information content (AvgIpc) is 2.25. The summed E-state index contributed by atoms with van der Waals surface area (Å²) in [6, 6.07) is 8.62. The van der Waals surface area contributed by atoms with Gasteiger partial charge in [0.2, 0.25) is 0 Å². The van der Waals surface area contributed by atoms with Crippen LogP contribution in [0.5, 0.6) is 0 Å². The van der Waals surface area contributed by atoms with Crippen LogP contribution in [0.3, 0.4) is 0 Å². The van der Waals surface area contributed by atoms with E-state index in [1.807, 2.05) is 12.1 Å². The van der Waals surface area contributed by atoms with Crippen molar-refractivity contribution < 1.29 is 4.79 Å². The highest BCUT2D eigenvalue weighted by Crippen LogP contribution is 2.21. The second-order valence-corrected chi connectivity index (χ2v) is 4.88. The van der Waals surface area contributed by atoms with Crippen molar-refractivity contribution in [2.75, 3.05) is 5.32 Å². The molecule has 1 aliphatic rings. The highest BCUT2D eigenvalue weighted by atomic mass is 79.9. The summed E-state index contributed by atoms with van der Waals surface area (Å²) in [4.78, 5) is 11.1. The lowest BCUT2D eigenvalue weighted by molar-refractivity contribution is -0.120. The second kappa shape index (κ2) is 4.79. The van der Waals surface area contributed by atoms with Crippen LogP contribution in [0.2, 0.25) is 0 Å². The number of benzene rings is 1. The maximum atomic E-state index is 11.1. The minimum atomic E-state index is 0.406. The Morgan fingerprint density at radius 1 is 1.13 bits per heavy atom. The van der Waals surface area contributed by atoms with Crippen molar-refractivity contribution in [3.05, 3.63) is 28.7 Å². The number of anilines is 1. The fourth-order valence-corrected chi connectivity index (χ4v) is 2.13. The van der Waals surface area contributed by atoms with Crippen LogP contribution in [-0.4, -0.2) is 11.8 Å². The molecular weight excluding hydrogens is 254 g/mol. The normalized spacial score (nSPS) is 17.8. The van der Waals surface area contributed by atoms with Gasteiger partial charge in [-0.05, 0) is 37.1 Å². The van der Waals surface area contributed by atoms with E-state index in [4.69, 9.17) is 0 Å². The summed E-state index contributed by atoms with van der Waals surface area (Å²) in [6.07, 6.45) is 3.40. The standard InChI is InChI=1S/C12H14BrNO/c13-9-1-3-10(4-2-9)14-11-5-7-12(15)8-6-11/h1-4,11,14H,5-8H2. The molecule has 0 heterocycles. The molecule has 0 radical (unpaired) electrons. The highest BCUT2D eigenvalue weighted by molar-refractivity contribution is 9.10. The van der Waals surface area contributed by atoms with Gasteiger partial charge in [0.1, 0.15) is 5.78 Å². The maximum absolute atomic E-state index is 11.1. The topological polar surface area (TPSA) is 29.1 Å². The fraction of sp³-hybridized carbons (Fsp3) is 0.417. The average molecular weight is 268 g/mol. The zero-order valence-electron chi connectivity index (χ0n) is 8.50. The Balaban J connectivity index is 1.91. The van der Waals surface area contributed by atoms with Gasteiger partial charge >= 0.3 is 0 Å². The van der Waals surface area contributed by atoms with Gasteiger partial charge in [-0.25, -0.2) is 0 Å². The molecule has 1 aliphatic carbocycles. The monoisotopic (exact) mass is 267 g/mol. The van der Waals surface area contributed by atoms with E-state index in [9.17, 15) is 4.79 Å². The largest absolute Gasteiger partial charge is 0.382 e. The van der Waals surface area contributed by atoms with E-state index in [-0.39, 0.29) is 0 Å². The van der Waals surface area contributed by atoms with Crippen molar-refractivity contribution in [1.82, 2.24) is 0 Å². The number of hydrogen-bond donors (Lipinski definition) is 1. The summed E-state index contributed by atoms with van der Waals surface area (Å²) in [5, 5.41) is 3.46. The molecule has 1 fully saturated rings. The number of Topliss-reactive ketones (excluding diaryl/α,β-unsaturated/α-hetero) is 1. The van der Waals surface area contributed by atoms with Crippen molar-refractivity contribution in [3.63, 3.8) is 0 Å². The molecule has 0 unspecified atom stereocenters. The molecule has 1 N–H and O–H groups in total. The summed E-state index contributed by atoms with van der Waals surface area (Å²) in [5.74, 6) is 0.406. The Morgan fingerprint density at radius 2 is 1.73 bits per heavy atom. The minimum Gasteiger partial charge on any atom is -0.382 e. The zero-order chi connectivity index (χ0) is 10.7.